The third-order valence-corrected chi connectivity index (χ3v) is 4.21. The van der Waals surface area contributed by atoms with Crippen LogP contribution in [0.25, 0.3) is 10.8 Å². The van der Waals surface area contributed by atoms with Crippen molar-refractivity contribution in [3.63, 3.8) is 0 Å². The van der Waals surface area contributed by atoms with Gasteiger partial charge in [0.2, 0.25) is 0 Å². The highest BCUT2D eigenvalue weighted by Crippen LogP contribution is 2.25. The first-order chi connectivity index (χ1) is 10.7. The van der Waals surface area contributed by atoms with Crippen molar-refractivity contribution in [3.8, 4) is 5.75 Å². The molecule has 0 spiro atoms. The number of carbonyl (C=O) groups excluding carboxylic acids is 1. The molecule has 1 aliphatic carbocycles. The fourth-order valence-electron chi connectivity index (χ4n) is 2.95. The minimum absolute atomic E-state index is 0.0240. The van der Waals surface area contributed by atoms with Gasteiger partial charge in [-0.15, -0.1) is 0 Å². The van der Waals surface area contributed by atoms with Crippen LogP contribution in [0.1, 0.15) is 42.5 Å². The summed E-state index contributed by atoms with van der Waals surface area (Å²) < 4.78 is 0. The smallest absolute Gasteiger partial charge is 0.275 e. The number of rotatable bonds is 3. The van der Waals surface area contributed by atoms with E-state index in [9.17, 15) is 9.90 Å². The van der Waals surface area contributed by atoms with Crippen LogP contribution in [0.5, 0.6) is 5.75 Å². The molecule has 4 nitrogen and oxygen atoms in total. The maximum atomic E-state index is 12.2. The van der Waals surface area contributed by atoms with Gasteiger partial charge in [-0.2, -0.15) is 5.10 Å². The Bertz CT molecular complexity index is 703. The van der Waals surface area contributed by atoms with E-state index in [1.54, 1.807) is 12.1 Å². The van der Waals surface area contributed by atoms with Gasteiger partial charge in [0.15, 0.2) is 0 Å². The maximum absolute atomic E-state index is 12.2. The molecule has 0 aromatic heterocycles. The molecule has 0 atom stereocenters. The number of hydrazone groups is 1. The topological polar surface area (TPSA) is 61.7 Å². The first kappa shape index (κ1) is 14.6. The molecule has 1 aliphatic rings. The first-order valence-electron chi connectivity index (χ1n) is 7.79. The number of fused-ring (bicyclic) bond motifs is 1. The van der Waals surface area contributed by atoms with Gasteiger partial charge in [0.05, 0.1) is 5.56 Å². The molecular weight excluding hydrogens is 276 g/mol. The lowest BCUT2D eigenvalue weighted by atomic mass is 9.90. The molecule has 0 radical (unpaired) electrons. The summed E-state index contributed by atoms with van der Waals surface area (Å²) in [6, 6.07) is 10.9. The van der Waals surface area contributed by atoms with Gasteiger partial charge in [-0.05, 0) is 41.7 Å². The fraction of sp³-hybridized carbons (Fsp3) is 0.333. The van der Waals surface area contributed by atoms with Crippen molar-refractivity contribution in [2.24, 2.45) is 11.0 Å². The lowest BCUT2D eigenvalue weighted by molar-refractivity contribution is 0.0952. The van der Waals surface area contributed by atoms with Gasteiger partial charge >= 0.3 is 0 Å². The number of benzene rings is 2. The van der Waals surface area contributed by atoms with E-state index in [-0.39, 0.29) is 17.2 Å². The van der Waals surface area contributed by atoms with E-state index in [0.29, 0.717) is 5.92 Å². The van der Waals surface area contributed by atoms with Crippen molar-refractivity contribution in [1.29, 1.82) is 0 Å². The zero-order chi connectivity index (χ0) is 15.4. The van der Waals surface area contributed by atoms with E-state index in [1.807, 2.05) is 30.5 Å². The normalized spacial score (nSPS) is 16.2. The number of carbonyl (C=O) groups is 1. The van der Waals surface area contributed by atoms with Gasteiger partial charge in [0, 0.05) is 6.21 Å². The SMILES string of the molecule is O=C(N/N=C\C1CCCCC1)c1cc2ccccc2cc1O. The predicted octanol–water partition coefficient (Wildman–Crippen LogP) is 3.84. The molecule has 0 bridgehead atoms. The quantitative estimate of drug-likeness (QED) is 0.667. The van der Waals surface area contributed by atoms with Crippen molar-refractivity contribution in [3.05, 3.63) is 42.0 Å². The van der Waals surface area contributed by atoms with Gasteiger partial charge in [0.25, 0.3) is 5.91 Å². The summed E-state index contributed by atoms with van der Waals surface area (Å²) in [5, 5.41) is 15.9. The lowest BCUT2D eigenvalue weighted by Crippen LogP contribution is -2.19. The number of phenols is 1. The van der Waals surface area contributed by atoms with Crippen LogP contribution in [-0.4, -0.2) is 17.2 Å². The Morgan fingerprint density at radius 3 is 2.55 bits per heavy atom. The van der Waals surface area contributed by atoms with Gasteiger partial charge < -0.3 is 5.11 Å². The average Bonchev–Trinajstić information content (AvgIpc) is 2.55. The Morgan fingerprint density at radius 1 is 1.14 bits per heavy atom. The van der Waals surface area contributed by atoms with Crippen LogP contribution in [0.4, 0.5) is 0 Å². The second kappa shape index (κ2) is 6.60. The van der Waals surface area contributed by atoms with E-state index < -0.39 is 0 Å². The molecule has 2 aromatic rings. The van der Waals surface area contributed by atoms with Crippen molar-refractivity contribution in [1.82, 2.24) is 5.43 Å². The molecule has 2 N–H and O–H groups in total. The lowest BCUT2D eigenvalue weighted by Gasteiger charge is -2.16. The molecule has 114 valence electrons. The molecule has 1 fully saturated rings. The van der Waals surface area contributed by atoms with Crippen molar-refractivity contribution in [2.45, 2.75) is 32.1 Å². The molecule has 3 rings (SSSR count). The largest absolute Gasteiger partial charge is 0.507 e. The third-order valence-electron chi connectivity index (χ3n) is 4.21. The molecule has 0 aliphatic heterocycles. The summed E-state index contributed by atoms with van der Waals surface area (Å²) in [6.07, 6.45) is 7.87. The van der Waals surface area contributed by atoms with Crippen molar-refractivity contribution >= 4 is 22.9 Å². The van der Waals surface area contributed by atoms with E-state index >= 15 is 0 Å². The van der Waals surface area contributed by atoms with Gasteiger partial charge in [0.1, 0.15) is 5.75 Å². The number of phenolic OH excluding ortho intramolecular Hbond substituents is 1. The van der Waals surface area contributed by atoms with Gasteiger partial charge in [-0.1, -0.05) is 43.5 Å². The molecule has 1 amide bonds. The summed E-state index contributed by atoms with van der Waals surface area (Å²) in [4.78, 5) is 12.2. The maximum Gasteiger partial charge on any atom is 0.275 e. The standard InChI is InChI=1S/C18H20N2O2/c21-17-11-15-9-5-4-8-14(15)10-16(17)18(22)20-19-12-13-6-2-1-3-7-13/h4-5,8-13,21H,1-3,6-7H2,(H,20,22)/b19-12-. The van der Waals surface area contributed by atoms with Gasteiger partial charge in [-0.3, -0.25) is 4.79 Å². The minimum atomic E-state index is -0.379. The Kier molecular flexibility index (Phi) is 4.37. The highest BCUT2D eigenvalue weighted by atomic mass is 16.3. The van der Waals surface area contributed by atoms with E-state index in [0.717, 1.165) is 23.6 Å². The number of hydrogen-bond acceptors (Lipinski definition) is 3. The summed E-state index contributed by atoms with van der Waals surface area (Å²) in [7, 11) is 0. The average molecular weight is 296 g/mol. The Labute approximate surface area is 129 Å². The van der Waals surface area contributed by atoms with Crippen molar-refractivity contribution < 1.29 is 9.90 Å². The third kappa shape index (κ3) is 3.27. The number of aromatic hydroxyl groups is 1. The Morgan fingerprint density at radius 2 is 1.82 bits per heavy atom. The second-order valence-electron chi connectivity index (χ2n) is 5.83. The van der Waals surface area contributed by atoms with Gasteiger partial charge in [-0.25, -0.2) is 5.43 Å². The molecule has 1 saturated carbocycles. The Hall–Kier alpha value is -2.36. The minimum Gasteiger partial charge on any atom is -0.507 e. The van der Waals surface area contributed by atoms with Crippen molar-refractivity contribution in [2.75, 3.05) is 0 Å². The predicted molar refractivity (Wildman–Crippen MR) is 88.1 cm³/mol. The number of nitrogens with one attached hydrogen (secondary N) is 1. The zero-order valence-corrected chi connectivity index (χ0v) is 12.5. The van der Waals surface area contributed by atoms with Crippen LogP contribution in [0.15, 0.2) is 41.5 Å². The van der Waals surface area contributed by atoms with Crippen LogP contribution < -0.4 is 5.43 Å². The number of nitrogens with zero attached hydrogens (tertiary/aromatic N) is 1. The highest BCUT2D eigenvalue weighted by Gasteiger charge is 2.13. The molecule has 0 unspecified atom stereocenters. The molecular formula is C18H20N2O2. The highest BCUT2D eigenvalue weighted by molar-refractivity contribution is 6.01. The first-order valence-corrected chi connectivity index (χ1v) is 7.79. The summed E-state index contributed by atoms with van der Waals surface area (Å²) in [5.74, 6) is 0.0543. The van der Waals surface area contributed by atoms with E-state index in [4.69, 9.17) is 0 Å². The molecule has 22 heavy (non-hydrogen) atoms. The molecule has 0 saturated heterocycles. The van der Waals surface area contributed by atoms with Crippen LogP contribution in [0.3, 0.4) is 0 Å². The van der Waals surface area contributed by atoms with Crippen LogP contribution in [0.2, 0.25) is 0 Å². The Balaban J connectivity index is 1.71. The molecule has 4 heteroatoms. The molecule has 0 heterocycles. The number of hydrogen-bond donors (Lipinski definition) is 2. The summed E-state index contributed by atoms with van der Waals surface area (Å²) in [6.45, 7) is 0. The molecule has 2 aromatic carbocycles. The zero-order valence-electron chi connectivity index (χ0n) is 12.5. The van der Waals surface area contributed by atoms with Crippen LogP contribution >= 0.6 is 0 Å². The number of amides is 1. The van der Waals surface area contributed by atoms with E-state index in [1.165, 1.54) is 19.3 Å². The van der Waals surface area contributed by atoms with Crippen LogP contribution in [-0.2, 0) is 0 Å². The van der Waals surface area contributed by atoms with Crippen LogP contribution in [0, 0.1) is 5.92 Å². The van der Waals surface area contributed by atoms with E-state index in [2.05, 4.69) is 10.5 Å². The summed E-state index contributed by atoms with van der Waals surface area (Å²) in [5.41, 5.74) is 2.77. The second-order valence-corrected chi connectivity index (χ2v) is 5.83. The fourth-order valence-corrected chi connectivity index (χ4v) is 2.95. The monoisotopic (exact) mass is 296 g/mol. The summed E-state index contributed by atoms with van der Waals surface area (Å²) >= 11 is 0.